The average Bonchev–Trinajstić information content (AvgIpc) is 3.11. The van der Waals surface area contributed by atoms with Gasteiger partial charge in [0.1, 0.15) is 5.52 Å². The second kappa shape index (κ2) is 5.15. The summed E-state index contributed by atoms with van der Waals surface area (Å²) in [6.45, 7) is 1.10. The zero-order valence-corrected chi connectivity index (χ0v) is 13.0. The van der Waals surface area contributed by atoms with Gasteiger partial charge in [-0.25, -0.2) is 0 Å². The third-order valence-corrected chi connectivity index (χ3v) is 5.56. The van der Waals surface area contributed by atoms with Gasteiger partial charge in [-0.3, -0.25) is 19.9 Å². The van der Waals surface area contributed by atoms with Crippen molar-refractivity contribution in [3.63, 3.8) is 0 Å². The summed E-state index contributed by atoms with van der Waals surface area (Å²) in [7, 11) is 0. The molecule has 1 aromatic heterocycles. The van der Waals surface area contributed by atoms with E-state index in [1.165, 1.54) is 6.07 Å². The number of nitro groups is 1. The molecule has 2 fully saturated rings. The van der Waals surface area contributed by atoms with Crippen LogP contribution < -0.4 is 4.90 Å². The van der Waals surface area contributed by atoms with Gasteiger partial charge in [0.15, 0.2) is 0 Å². The molecule has 7 heteroatoms. The third-order valence-electron chi connectivity index (χ3n) is 5.56. The molecule has 0 radical (unpaired) electrons. The average molecular weight is 327 g/mol. The molecule has 0 bridgehead atoms. The van der Waals surface area contributed by atoms with Crippen LogP contribution in [0.15, 0.2) is 30.5 Å². The Hall–Kier alpha value is -2.70. The first-order valence-electron chi connectivity index (χ1n) is 8.03. The van der Waals surface area contributed by atoms with Gasteiger partial charge in [0.25, 0.3) is 5.69 Å². The molecule has 2 heterocycles. The number of hydrogen-bond donors (Lipinski definition) is 1. The van der Waals surface area contributed by atoms with Crippen LogP contribution in [-0.2, 0) is 4.79 Å². The number of carboxylic acids is 1. The van der Waals surface area contributed by atoms with Crippen molar-refractivity contribution in [1.82, 2.24) is 4.98 Å². The highest BCUT2D eigenvalue weighted by atomic mass is 16.6. The molecule has 7 nitrogen and oxygen atoms in total. The van der Waals surface area contributed by atoms with Crippen molar-refractivity contribution < 1.29 is 14.8 Å². The minimum Gasteiger partial charge on any atom is -0.481 e. The van der Waals surface area contributed by atoms with Crippen LogP contribution in [-0.4, -0.2) is 34.1 Å². The van der Waals surface area contributed by atoms with Gasteiger partial charge in [0.2, 0.25) is 0 Å². The van der Waals surface area contributed by atoms with Crippen molar-refractivity contribution in [3.8, 4) is 0 Å². The van der Waals surface area contributed by atoms with Crippen molar-refractivity contribution in [2.45, 2.75) is 19.3 Å². The molecule has 2 aromatic rings. The maximum atomic E-state index is 11.9. The summed E-state index contributed by atoms with van der Waals surface area (Å²) in [5.41, 5.74) is 0.677. The summed E-state index contributed by atoms with van der Waals surface area (Å²) >= 11 is 0. The van der Waals surface area contributed by atoms with Crippen LogP contribution in [0.1, 0.15) is 19.3 Å². The minimum absolute atomic E-state index is 0.0224. The molecule has 24 heavy (non-hydrogen) atoms. The summed E-state index contributed by atoms with van der Waals surface area (Å²) in [5, 5.41) is 21.5. The first kappa shape index (κ1) is 14.9. The van der Waals surface area contributed by atoms with E-state index in [2.05, 4.69) is 4.98 Å². The first-order chi connectivity index (χ1) is 11.5. The number of fused-ring (bicyclic) bond motifs is 2. The monoisotopic (exact) mass is 327 g/mol. The lowest BCUT2D eigenvalue weighted by Crippen LogP contribution is -2.35. The number of rotatable bonds is 3. The summed E-state index contributed by atoms with van der Waals surface area (Å²) in [6.07, 6.45) is 4.17. The molecular formula is C17H17N3O4. The maximum Gasteiger partial charge on any atom is 0.311 e. The van der Waals surface area contributed by atoms with Gasteiger partial charge in [-0.05, 0) is 37.0 Å². The molecule has 0 spiro atoms. The Balaban J connectivity index is 1.80. The molecule has 1 N–H and O–H groups in total. The third kappa shape index (κ3) is 1.97. The summed E-state index contributed by atoms with van der Waals surface area (Å²) in [6, 6.07) is 6.55. The second-order valence-corrected chi connectivity index (χ2v) is 6.69. The number of carbonyl (C=O) groups is 1. The van der Waals surface area contributed by atoms with Gasteiger partial charge in [-0.1, -0.05) is 6.42 Å². The van der Waals surface area contributed by atoms with Crippen LogP contribution in [0.25, 0.3) is 10.9 Å². The lowest BCUT2D eigenvalue weighted by atomic mass is 9.81. The number of anilines is 1. The SMILES string of the molecule is O=C(O)[C@@]12CCC[C@H]1CN(c1ccc([N+](=O)[O-])c3cccnc13)C2. The smallest absolute Gasteiger partial charge is 0.311 e. The zero-order valence-electron chi connectivity index (χ0n) is 13.0. The standard InChI is InChI=1S/C17H17N3O4/c21-16(22)17-7-1-3-11(17)9-19(10-17)14-6-5-13(20(23)24)12-4-2-8-18-15(12)14/h2,4-6,8,11H,1,3,7,9-10H2,(H,21,22)/t11-,17+/m0/s1. The van der Waals surface area contributed by atoms with Crippen molar-refractivity contribution in [1.29, 1.82) is 0 Å². The lowest BCUT2D eigenvalue weighted by molar-refractivity contribution is -0.383. The van der Waals surface area contributed by atoms with E-state index in [4.69, 9.17) is 0 Å². The number of pyridine rings is 1. The molecule has 1 saturated heterocycles. The van der Waals surface area contributed by atoms with Crippen molar-refractivity contribution in [3.05, 3.63) is 40.6 Å². The highest BCUT2D eigenvalue weighted by molar-refractivity contribution is 5.97. The van der Waals surface area contributed by atoms with E-state index in [9.17, 15) is 20.0 Å². The number of nitro benzene ring substituents is 1. The van der Waals surface area contributed by atoms with E-state index in [1.807, 2.05) is 4.90 Å². The summed E-state index contributed by atoms with van der Waals surface area (Å²) in [5.74, 6) is -0.601. The van der Waals surface area contributed by atoms with Gasteiger partial charge in [-0.2, -0.15) is 0 Å². The molecule has 1 aromatic carbocycles. The summed E-state index contributed by atoms with van der Waals surface area (Å²) in [4.78, 5) is 29.1. The normalized spacial score (nSPS) is 25.8. The fourth-order valence-corrected chi connectivity index (χ4v) is 4.38. The van der Waals surface area contributed by atoms with Crippen molar-refractivity contribution in [2.75, 3.05) is 18.0 Å². The Kier molecular flexibility index (Phi) is 3.19. The molecule has 124 valence electrons. The van der Waals surface area contributed by atoms with Crippen LogP contribution in [0.2, 0.25) is 0 Å². The van der Waals surface area contributed by atoms with E-state index < -0.39 is 16.3 Å². The predicted molar refractivity (Wildman–Crippen MR) is 88.0 cm³/mol. The fraction of sp³-hybridized carbons (Fsp3) is 0.412. The second-order valence-electron chi connectivity index (χ2n) is 6.69. The first-order valence-corrected chi connectivity index (χ1v) is 8.03. The Morgan fingerprint density at radius 2 is 2.25 bits per heavy atom. The van der Waals surface area contributed by atoms with Gasteiger partial charge in [0.05, 0.1) is 21.4 Å². The van der Waals surface area contributed by atoms with Crippen LogP contribution in [0, 0.1) is 21.4 Å². The van der Waals surface area contributed by atoms with Crippen LogP contribution >= 0.6 is 0 Å². The van der Waals surface area contributed by atoms with Crippen LogP contribution in [0.3, 0.4) is 0 Å². The molecule has 1 aliphatic heterocycles. The predicted octanol–water partition coefficient (Wildman–Crippen LogP) is 2.83. The Morgan fingerprint density at radius 3 is 2.96 bits per heavy atom. The van der Waals surface area contributed by atoms with Crippen LogP contribution in [0.5, 0.6) is 0 Å². The van der Waals surface area contributed by atoms with E-state index in [1.54, 1.807) is 24.4 Å². The highest BCUT2D eigenvalue weighted by Gasteiger charge is 2.55. The molecule has 2 aliphatic rings. The molecule has 1 aliphatic carbocycles. The van der Waals surface area contributed by atoms with E-state index in [-0.39, 0.29) is 11.6 Å². The number of nitrogens with zero attached hydrogens (tertiary/aromatic N) is 3. The highest BCUT2D eigenvalue weighted by Crippen LogP contribution is 2.50. The summed E-state index contributed by atoms with van der Waals surface area (Å²) < 4.78 is 0. The van der Waals surface area contributed by atoms with Gasteiger partial charge < -0.3 is 10.0 Å². The zero-order chi connectivity index (χ0) is 16.9. The van der Waals surface area contributed by atoms with E-state index >= 15 is 0 Å². The number of aliphatic carboxylic acids is 1. The molecule has 2 atom stereocenters. The number of non-ortho nitro benzene ring substituents is 1. The quantitative estimate of drug-likeness (QED) is 0.688. The van der Waals surface area contributed by atoms with Crippen LogP contribution in [0.4, 0.5) is 11.4 Å². The molecular weight excluding hydrogens is 310 g/mol. The Bertz CT molecular complexity index is 853. The number of benzene rings is 1. The number of aromatic nitrogens is 1. The fourth-order valence-electron chi connectivity index (χ4n) is 4.38. The minimum atomic E-state index is -0.730. The Labute approximate surface area is 138 Å². The molecule has 0 unspecified atom stereocenters. The van der Waals surface area contributed by atoms with Crippen molar-refractivity contribution >= 4 is 28.2 Å². The largest absolute Gasteiger partial charge is 0.481 e. The van der Waals surface area contributed by atoms with Gasteiger partial charge in [-0.15, -0.1) is 0 Å². The van der Waals surface area contributed by atoms with Crippen molar-refractivity contribution in [2.24, 2.45) is 11.3 Å². The Morgan fingerprint density at radius 1 is 1.42 bits per heavy atom. The molecule has 1 saturated carbocycles. The maximum absolute atomic E-state index is 11.9. The molecule has 4 rings (SSSR count). The van der Waals surface area contributed by atoms with E-state index in [0.29, 0.717) is 30.4 Å². The lowest BCUT2D eigenvalue weighted by Gasteiger charge is -2.24. The van der Waals surface area contributed by atoms with Gasteiger partial charge in [0, 0.05) is 25.4 Å². The van der Waals surface area contributed by atoms with E-state index in [0.717, 1.165) is 18.5 Å². The number of hydrogen-bond acceptors (Lipinski definition) is 5. The molecule has 0 amide bonds. The topological polar surface area (TPSA) is 96.6 Å². The van der Waals surface area contributed by atoms with Gasteiger partial charge >= 0.3 is 5.97 Å². The number of carboxylic acid groups (broad SMARTS) is 1.